The summed E-state index contributed by atoms with van der Waals surface area (Å²) in [5.74, 6) is 0. The van der Waals surface area contributed by atoms with Crippen molar-refractivity contribution < 1.29 is 0 Å². The molecule has 0 radical (unpaired) electrons. The highest BCUT2D eigenvalue weighted by molar-refractivity contribution is 9.10. The van der Waals surface area contributed by atoms with E-state index in [4.69, 9.17) is 0 Å². The monoisotopic (exact) mass is 240 g/mol. The van der Waals surface area contributed by atoms with Gasteiger partial charge in [0.2, 0.25) is 0 Å². The second kappa shape index (κ2) is 4.09. The molecule has 0 unspecified atom stereocenters. The predicted octanol–water partition coefficient (Wildman–Crippen LogP) is 2.83. The van der Waals surface area contributed by atoms with Crippen molar-refractivity contribution in [2.45, 2.75) is 19.3 Å². The first-order valence-corrected chi connectivity index (χ1v) is 5.52. The Hall–Kier alpha value is -0.570. The number of piperidine rings is 1. The molecule has 0 saturated carbocycles. The maximum absolute atomic E-state index is 4.15. The Morgan fingerprint density at radius 2 is 2.00 bits per heavy atom. The summed E-state index contributed by atoms with van der Waals surface area (Å²) in [5.41, 5.74) is 1.24. The number of pyridine rings is 1. The Balaban J connectivity index is 2.18. The van der Waals surface area contributed by atoms with E-state index in [9.17, 15) is 0 Å². The van der Waals surface area contributed by atoms with Gasteiger partial charge >= 0.3 is 0 Å². The molecule has 2 rings (SSSR count). The number of halogens is 1. The van der Waals surface area contributed by atoms with Crippen LogP contribution in [0.3, 0.4) is 0 Å². The van der Waals surface area contributed by atoms with E-state index < -0.39 is 0 Å². The largest absolute Gasteiger partial charge is 0.369 e. The van der Waals surface area contributed by atoms with E-state index in [1.54, 1.807) is 0 Å². The molecule has 1 aromatic heterocycles. The second-order valence-electron chi connectivity index (χ2n) is 3.37. The van der Waals surface area contributed by atoms with Crippen LogP contribution >= 0.6 is 15.9 Å². The van der Waals surface area contributed by atoms with Gasteiger partial charge in [-0.2, -0.15) is 0 Å². The lowest BCUT2D eigenvalue weighted by atomic mass is 10.1. The van der Waals surface area contributed by atoms with Crippen LogP contribution in [0.25, 0.3) is 0 Å². The van der Waals surface area contributed by atoms with Gasteiger partial charge in [0, 0.05) is 23.8 Å². The Morgan fingerprint density at radius 3 is 2.69 bits per heavy atom. The van der Waals surface area contributed by atoms with Crippen LogP contribution in [-0.4, -0.2) is 18.1 Å². The minimum absolute atomic E-state index is 1.16. The summed E-state index contributed by atoms with van der Waals surface area (Å²) in [4.78, 5) is 6.55. The second-order valence-corrected chi connectivity index (χ2v) is 4.23. The summed E-state index contributed by atoms with van der Waals surface area (Å²) < 4.78 is 1.16. The molecule has 1 aromatic rings. The molecule has 0 aromatic carbocycles. The van der Waals surface area contributed by atoms with Crippen LogP contribution in [0.4, 0.5) is 5.69 Å². The molecule has 3 heteroatoms. The molecule has 1 aliphatic rings. The average Bonchev–Trinajstić information content (AvgIpc) is 2.20. The van der Waals surface area contributed by atoms with Crippen LogP contribution in [0.5, 0.6) is 0 Å². The van der Waals surface area contributed by atoms with Gasteiger partial charge in [-0.15, -0.1) is 0 Å². The highest BCUT2D eigenvalue weighted by Crippen LogP contribution is 2.26. The molecule has 2 nitrogen and oxygen atoms in total. The van der Waals surface area contributed by atoms with E-state index in [0.717, 1.165) is 4.47 Å². The third-order valence-corrected chi connectivity index (χ3v) is 3.12. The molecule has 0 spiro atoms. The Morgan fingerprint density at radius 1 is 1.23 bits per heavy atom. The molecule has 0 N–H and O–H groups in total. The van der Waals surface area contributed by atoms with Crippen LogP contribution in [-0.2, 0) is 0 Å². The van der Waals surface area contributed by atoms with Crippen molar-refractivity contribution >= 4 is 21.6 Å². The van der Waals surface area contributed by atoms with E-state index in [-0.39, 0.29) is 0 Å². The van der Waals surface area contributed by atoms with Gasteiger partial charge in [-0.1, -0.05) is 0 Å². The van der Waals surface area contributed by atoms with Gasteiger partial charge in [0.15, 0.2) is 0 Å². The zero-order valence-electron chi connectivity index (χ0n) is 7.54. The first kappa shape index (κ1) is 9.00. The summed E-state index contributed by atoms with van der Waals surface area (Å²) in [6.07, 6.45) is 7.74. The van der Waals surface area contributed by atoms with E-state index >= 15 is 0 Å². The number of anilines is 1. The van der Waals surface area contributed by atoms with Gasteiger partial charge in [0.25, 0.3) is 0 Å². The lowest BCUT2D eigenvalue weighted by molar-refractivity contribution is 0.576. The third-order valence-electron chi connectivity index (χ3n) is 2.45. The molecule has 0 bridgehead atoms. The Kier molecular flexibility index (Phi) is 2.83. The van der Waals surface area contributed by atoms with Gasteiger partial charge in [0.05, 0.1) is 11.9 Å². The van der Waals surface area contributed by atoms with Gasteiger partial charge in [0.1, 0.15) is 0 Å². The van der Waals surface area contributed by atoms with E-state index in [2.05, 4.69) is 25.8 Å². The van der Waals surface area contributed by atoms with Gasteiger partial charge < -0.3 is 4.90 Å². The molecule has 1 saturated heterocycles. The van der Waals surface area contributed by atoms with Crippen molar-refractivity contribution in [2.24, 2.45) is 0 Å². The number of nitrogens with zero attached hydrogens (tertiary/aromatic N) is 2. The average molecular weight is 241 g/mol. The third kappa shape index (κ3) is 2.02. The summed E-state index contributed by atoms with van der Waals surface area (Å²) in [6.45, 7) is 2.34. The summed E-state index contributed by atoms with van der Waals surface area (Å²) in [6, 6.07) is 2.00. The number of hydrogen-bond acceptors (Lipinski definition) is 2. The van der Waals surface area contributed by atoms with Crippen LogP contribution in [0.1, 0.15) is 19.3 Å². The van der Waals surface area contributed by atoms with Crippen LogP contribution in [0.2, 0.25) is 0 Å². The maximum atomic E-state index is 4.15. The summed E-state index contributed by atoms with van der Waals surface area (Å²) in [5, 5.41) is 0. The molecule has 13 heavy (non-hydrogen) atoms. The molecule has 2 heterocycles. The summed E-state index contributed by atoms with van der Waals surface area (Å²) in [7, 11) is 0. The van der Waals surface area contributed by atoms with Crippen molar-refractivity contribution in [3.63, 3.8) is 0 Å². The minimum atomic E-state index is 1.16. The Bertz CT molecular complexity index is 282. The van der Waals surface area contributed by atoms with E-state index in [0.29, 0.717) is 0 Å². The van der Waals surface area contributed by atoms with Crippen molar-refractivity contribution in [1.29, 1.82) is 0 Å². The SMILES string of the molecule is Brc1ccncc1N1CCCCC1. The quantitative estimate of drug-likeness (QED) is 0.751. The highest BCUT2D eigenvalue weighted by atomic mass is 79.9. The molecule has 0 atom stereocenters. The standard InChI is InChI=1S/C10H13BrN2/c11-9-4-5-12-8-10(9)13-6-2-1-3-7-13/h4-5,8H,1-3,6-7H2. The molecule has 0 aliphatic carbocycles. The minimum Gasteiger partial charge on any atom is -0.369 e. The van der Waals surface area contributed by atoms with Crippen molar-refractivity contribution in [3.05, 3.63) is 22.9 Å². The fourth-order valence-corrected chi connectivity index (χ4v) is 2.21. The predicted molar refractivity (Wildman–Crippen MR) is 58.0 cm³/mol. The normalized spacial score (nSPS) is 17.5. The molecule has 0 amide bonds. The van der Waals surface area contributed by atoms with E-state index in [1.165, 1.54) is 38.0 Å². The molecular weight excluding hydrogens is 228 g/mol. The van der Waals surface area contributed by atoms with E-state index in [1.807, 2.05) is 18.5 Å². The van der Waals surface area contributed by atoms with Crippen molar-refractivity contribution in [2.75, 3.05) is 18.0 Å². The van der Waals surface area contributed by atoms with Crippen LogP contribution in [0.15, 0.2) is 22.9 Å². The topological polar surface area (TPSA) is 16.1 Å². The molecule has 1 aliphatic heterocycles. The smallest absolute Gasteiger partial charge is 0.0697 e. The van der Waals surface area contributed by atoms with Crippen LogP contribution in [0, 0.1) is 0 Å². The first-order valence-electron chi connectivity index (χ1n) is 4.72. The van der Waals surface area contributed by atoms with Gasteiger partial charge in [-0.05, 0) is 41.3 Å². The lowest BCUT2D eigenvalue weighted by Gasteiger charge is -2.29. The summed E-state index contributed by atoms with van der Waals surface area (Å²) >= 11 is 3.55. The highest BCUT2D eigenvalue weighted by Gasteiger charge is 2.12. The zero-order chi connectivity index (χ0) is 9.10. The lowest BCUT2D eigenvalue weighted by Crippen LogP contribution is -2.29. The molecule has 70 valence electrons. The maximum Gasteiger partial charge on any atom is 0.0697 e. The van der Waals surface area contributed by atoms with Crippen LogP contribution < -0.4 is 4.90 Å². The fraction of sp³-hybridized carbons (Fsp3) is 0.500. The number of aromatic nitrogens is 1. The number of hydrogen-bond donors (Lipinski definition) is 0. The molecule has 1 fully saturated rings. The van der Waals surface area contributed by atoms with Crippen molar-refractivity contribution in [3.8, 4) is 0 Å². The zero-order valence-corrected chi connectivity index (χ0v) is 9.13. The van der Waals surface area contributed by atoms with Crippen molar-refractivity contribution in [1.82, 2.24) is 4.98 Å². The first-order chi connectivity index (χ1) is 6.38. The van der Waals surface area contributed by atoms with Gasteiger partial charge in [-0.3, -0.25) is 4.98 Å². The fourth-order valence-electron chi connectivity index (χ4n) is 1.74. The van der Waals surface area contributed by atoms with Gasteiger partial charge in [-0.25, -0.2) is 0 Å². The molecular formula is C10H13BrN2. The Labute approximate surface area is 87.1 Å². The number of rotatable bonds is 1.